The predicted octanol–water partition coefficient (Wildman–Crippen LogP) is 2.61. The third-order valence-electron chi connectivity index (χ3n) is 3.20. The van der Waals surface area contributed by atoms with Gasteiger partial charge in [0.05, 0.1) is 10.0 Å². The van der Waals surface area contributed by atoms with E-state index in [4.69, 9.17) is 40.5 Å². The SMILES string of the molecule is CC1CN(S(=O)(=O)c2c(Cl)cc(Cl)cc2Cl)CC1N. The molecule has 2 N–H and O–H groups in total. The van der Waals surface area contributed by atoms with Gasteiger partial charge in [0.2, 0.25) is 10.0 Å². The number of rotatable bonds is 2. The summed E-state index contributed by atoms with van der Waals surface area (Å²) >= 11 is 17.7. The Morgan fingerprint density at radius 3 is 2.16 bits per heavy atom. The molecule has 2 rings (SSSR count). The largest absolute Gasteiger partial charge is 0.326 e. The molecule has 8 heteroatoms. The lowest BCUT2D eigenvalue weighted by Crippen LogP contribution is -2.32. The van der Waals surface area contributed by atoms with E-state index >= 15 is 0 Å². The number of benzene rings is 1. The molecule has 0 aliphatic carbocycles. The van der Waals surface area contributed by atoms with E-state index in [0.29, 0.717) is 11.6 Å². The van der Waals surface area contributed by atoms with Crippen LogP contribution in [0.3, 0.4) is 0 Å². The van der Waals surface area contributed by atoms with Gasteiger partial charge in [0.1, 0.15) is 4.90 Å². The summed E-state index contributed by atoms with van der Waals surface area (Å²) in [4.78, 5) is -0.110. The van der Waals surface area contributed by atoms with Crippen LogP contribution in [0.15, 0.2) is 17.0 Å². The lowest BCUT2D eigenvalue weighted by atomic mass is 10.1. The standard InChI is InChI=1S/C11H13Cl3N2O2S/c1-6-4-16(5-10(6)15)19(17,18)11-8(13)2-7(12)3-9(11)14/h2-3,6,10H,4-5,15H2,1H3. The topological polar surface area (TPSA) is 63.4 Å². The van der Waals surface area contributed by atoms with Gasteiger partial charge in [0.15, 0.2) is 0 Å². The molecule has 2 atom stereocenters. The second kappa shape index (κ2) is 5.39. The zero-order valence-electron chi connectivity index (χ0n) is 10.1. The molecule has 0 bridgehead atoms. The van der Waals surface area contributed by atoms with Crippen LogP contribution >= 0.6 is 34.8 Å². The molecule has 1 fully saturated rings. The first-order chi connectivity index (χ1) is 8.73. The summed E-state index contributed by atoms with van der Waals surface area (Å²) in [6.45, 7) is 2.53. The molecule has 1 aromatic carbocycles. The molecule has 1 aromatic rings. The van der Waals surface area contributed by atoms with Crippen molar-refractivity contribution >= 4 is 44.8 Å². The van der Waals surface area contributed by atoms with Crippen LogP contribution in [0.25, 0.3) is 0 Å². The van der Waals surface area contributed by atoms with E-state index in [1.165, 1.54) is 16.4 Å². The third-order valence-corrected chi connectivity index (χ3v) is 6.17. The Bertz CT molecular complexity index is 573. The molecule has 0 aromatic heterocycles. The fourth-order valence-electron chi connectivity index (χ4n) is 2.05. The highest BCUT2D eigenvalue weighted by Crippen LogP contribution is 2.36. The molecule has 2 unspecified atom stereocenters. The van der Waals surface area contributed by atoms with Gasteiger partial charge in [-0.15, -0.1) is 0 Å². The van der Waals surface area contributed by atoms with Crippen LogP contribution in [0.5, 0.6) is 0 Å². The maximum absolute atomic E-state index is 12.5. The van der Waals surface area contributed by atoms with Gasteiger partial charge in [0.25, 0.3) is 0 Å². The van der Waals surface area contributed by atoms with Gasteiger partial charge in [-0.1, -0.05) is 41.7 Å². The number of hydrogen-bond donors (Lipinski definition) is 1. The van der Waals surface area contributed by atoms with E-state index in [2.05, 4.69) is 0 Å². The van der Waals surface area contributed by atoms with E-state index in [-0.39, 0.29) is 33.4 Å². The fourth-order valence-corrected chi connectivity index (χ4v) is 5.12. The third kappa shape index (κ3) is 2.86. The molecule has 0 saturated carbocycles. The molecule has 0 amide bonds. The molecule has 19 heavy (non-hydrogen) atoms. The van der Waals surface area contributed by atoms with Crippen LogP contribution in [0.1, 0.15) is 6.92 Å². The second-order valence-electron chi connectivity index (χ2n) is 4.66. The summed E-state index contributed by atoms with van der Waals surface area (Å²) in [6.07, 6.45) is 0. The van der Waals surface area contributed by atoms with E-state index in [0.717, 1.165) is 0 Å². The summed E-state index contributed by atoms with van der Waals surface area (Å²) in [6, 6.07) is 2.54. The Balaban J connectivity index is 2.47. The minimum Gasteiger partial charge on any atom is -0.326 e. The molecule has 0 spiro atoms. The van der Waals surface area contributed by atoms with Crippen LogP contribution in [0.4, 0.5) is 0 Å². The molecule has 106 valence electrons. The van der Waals surface area contributed by atoms with Crippen molar-refractivity contribution in [1.82, 2.24) is 4.31 Å². The smallest absolute Gasteiger partial charge is 0.246 e. The van der Waals surface area contributed by atoms with Crippen molar-refractivity contribution in [2.24, 2.45) is 11.7 Å². The van der Waals surface area contributed by atoms with Crippen LogP contribution in [-0.2, 0) is 10.0 Å². The molecule has 4 nitrogen and oxygen atoms in total. The summed E-state index contributed by atoms with van der Waals surface area (Å²) in [5.41, 5.74) is 5.85. The highest BCUT2D eigenvalue weighted by molar-refractivity contribution is 7.89. The van der Waals surface area contributed by atoms with Gasteiger partial charge in [-0.05, 0) is 18.1 Å². The van der Waals surface area contributed by atoms with Crippen molar-refractivity contribution in [2.75, 3.05) is 13.1 Å². The van der Waals surface area contributed by atoms with Crippen molar-refractivity contribution in [1.29, 1.82) is 0 Å². The average Bonchev–Trinajstić information content (AvgIpc) is 2.57. The van der Waals surface area contributed by atoms with Gasteiger partial charge in [0, 0.05) is 24.2 Å². The van der Waals surface area contributed by atoms with Gasteiger partial charge in [-0.3, -0.25) is 0 Å². The Hall–Kier alpha value is -0.0400. The number of hydrogen-bond acceptors (Lipinski definition) is 3. The Labute approximate surface area is 127 Å². The molecule has 1 aliphatic heterocycles. The Morgan fingerprint density at radius 1 is 1.21 bits per heavy atom. The average molecular weight is 344 g/mol. The summed E-state index contributed by atoms with van der Waals surface area (Å²) in [5, 5.41) is 0.330. The van der Waals surface area contributed by atoms with Gasteiger partial charge in [-0.25, -0.2) is 8.42 Å². The van der Waals surface area contributed by atoms with Gasteiger partial charge in [-0.2, -0.15) is 4.31 Å². The molecular formula is C11H13Cl3N2O2S. The van der Waals surface area contributed by atoms with Crippen LogP contribution in [0.2, 0.25) is 15.1 Å². The minimum atomic E-state index is -3.75. The van der Waals surface area contributed by atoms with Crippen molar-refractivity contribution in [2.45, 2.75) is 17.9 Å². The first-order valence-electron chi connectivity index (χ1n) is 5.63. The van der Waals surface area contributed by atoms with E-state index in [1.807, 2.05) is 6.92 Å². The first kappa shape index (κ1) is 15.4. The van der Waals surface area contributed by atoms with Crippen molar-refractivity contribution in [3.63, 3.8) is 0 Å². The predicted molar refractivity (Wildman–Crippen MR) is 77.4 cm³/mol. The van der Waals surface area contributed by atoms with E-state index in [9.17, 15) is 8.42 Å². The maximum Gasteiger partial charge on any atom is 0.246 e. The summed E-state index contributed by atoms with van der Waals surface area (Å²) in [7, 11) is -3.75. The molecule has 1 heterocycles. The fraction of sp³-hybridized carbons (Fsp3) is 0.455. The first-order valence-corrected chi connectivity index (χ1v) is 8.21. The number of nitrogens with two attached hydrogens (primary N) is 1. The van der Waals surface area contributed by atoms with Crippen molar-refractivity contribution < 1.29 is 8.42 Å². The minimum absolute atomic E-state index is 0.0191. The van der Waals surface area contributed by atoms with Crippen LogP contribution in [-0.4, -0.2) is 31.9 Å². The lowest BCUT2D eigenvalue weighted by molar-refractivity contribution is 0.464. The normalized spacial score (nSPS) is 24.9. The van der Waals surface area contributed by atoms with Crippen molar-refractivity contribution in [3.05, 3.63) is 27.2 Å². The summed E-state index contributed by atoms with van der Waals surface area (Å²) in [5.74, 6) is 0.0969. The maximum atomic E-state index is 12.5. The Morgan fingerprint density at radius 2 is 1.74 bits per heavy atom. The van der Waals surface area contributed by atoms with E-state index < -0.39 is 10.0 Å². The number of sulfonamides is 1. The highest BCUT2D eigenvalue weighted by atomic mass is 35.5. The quantitative estimate of drug-likeness (QED) is 0.898. The second-order valence-corrected chi connectivity index (χ2v) is 7.79. The molecule has 1 saturated heterocycles. The Kier molecular flexibility index (Phi) is 4.35. The molecular weight excluding hydrogens is 331 g/mol. The highest BCUT2D eigenvalue weighted by Gasteiger charge is 2.37. The number of nitrogens with zero attached hydrogens (tertiary/aromatic N) is 1. The number of halogens is 3. The molecule has 1 aliphatic rings. The zero-order valence-corrected chi connectivity index (χ0v) is 13.2. The summed E-state index contributed by atoms with van der Waals surface area (Å²) < 4.78 is 26.4. The zero-order chi connectivity index (χ0) is 14.4. The van der Waals surface area contributed by atoms with E-state index in [1.54, 1.807) is 0 Å². The van der Waals surface area contributed by atoms with Crippen molar-refractivity contribution in [3.8, 4) is 0 Å². The van der Waals surface area contributed by atoms with Crippen LogP contribution < -0.4 is 5.73 Å². The molecule has 0 radical (unpaired) electrons. The van der Waals surface area contributed by atoms with Gasteiger partial charge >= 0.3 is 0 Å². The monoisotopic (exact) mass is 342 g/mol. The van der Waals surface area contributed by atoms with Crippen LogP contribution in [0, 0.1) is 5.92 Å². The lowest BCUT2D eigenvalue weighted by Gasteiger charge is -2.18. The van der Waals surface area contributed by atoms with Gasteiger partial charge < -0.3 is 5.73 Å².